The van der Waals surface area contributed by atoms with Crippen molar-refractivity contribution in [1.82, 2.24) is 19.1 Å². The van der Waals surface area contributed by atoms with Gasteiger partial charge in [-0.1, -0.05) is 18.2 Å². The van der Waals surface area contributed by atoms with Crippen molar-refractivity contribution >= 4 is 32.5 Å². The van der Waals surface area contributed by atoms with E-state index in [1.54, 1.807) is 18.2 Å². The monoisotopic (exact) mass is 505 g/mol. The van der Waals surface area contributed by atoms with Crippen LogP contribution in [-0.4, -0.2) is 59.7 Å². The second kappa shape index (κ2) is 9.81. The molecular weight excluding hydrogens is 478 g/mol. The SMILES string of the molecule is CCn1cc(-c2cc(C(=O)Nc3ccc(S(=O)(=O)N4CCOCC4)cc3)c3ccccc3n2)c(C)n1. The van der Waals surface area contributed by atoms with Gasteiger partial charge in [-0.3, -0.25) is 9.48 Å². The molecule has 5 rings (SSSR count). The average Bonchev–Trinajstić information content (AvgIpc) is 3.29. The van der Waals surface area contributed by atoms with Crippen LogP contribution in [0.5, 0.6) is 0 Å². The highest BCUT2D eigenvalue weighted by Crippen LogP contribution is 2.28. The second-order valence-electron chi connectivity index (χ2n) is 8.55. The standard InChI is InChI=1S/C26H27N5O4S/c1-3-30-17-23(18(2)29-30)25-16-22(21-6-4-5-7-24(21)28-25)26(32)27-19-8-10-20(11-9-19)36(33,34)31-12-14-35-15-13-31/h4-11,16-17H,3,12-15H2,1-2H3,(H,27,32). The number of amides is 1. The summed E-state index contributed by atoms with van der Waals surface area (Å²) in [5.41, 5.74) is 4.05. The number of rotatable bonds is 6. The van der Waals surface area contributed by atoms with E-state index in [0.717, 1.165) is 23.2 Å². The summed E-state index contributed by atoms with van der Waals surface area (Å²) in [6.07, 6.45) is 1.93. The van der Waals surface area contributed by atoms with Crippen molar-refractivity contribution in [3.05, 3.63) is 72.1 Å². The van der Waals surface area contributed by atoms with Crippen LogP contribution in [0.1, 0.15) is 23.0 Å². The predicted molar refractivity (Wildman–Crippen MR) is 137 cm³/mol. The molecule has 0 atom stereocenters. The third-order valence-corrected chi connectivity index (χ3v) is 8.14. The zero-order valence-electron chi connectivity index (χ0n) is 20.1. The summed E-state index contributed by atoms with van der Waals surface area (Å²) >= 11 is 0. The minimum absolute atomic E-state index is 0.183. The smallest absolute Gasteiger partial charge is 0.256 e. The first-order valence-electron chi connectivity index (χ1n) is 11.8. The van der Waals surface area contributed by atoms with E-state index in [1.165, 1.54) is 16.4 Å². The molecule has 0 bridgehead atoms. The van der Waals surface area contributed by atoms with Gasteiger partial charge in [-0.2, -0.15) is 9.40 Å². The van der Waals surface area contributed by atoms with Crippen LogP contribution in [0.2, 0.25) is 0 Å². The Kier molecular flexibility index (Phi) is 6.57. The van der Waals surface area contributed by atoms with Gasteiger partial charge in [0.25, 0.3) is 5.91 Å². The molecule has 1 N–H and O–H groups in total. The highest BCUT2D eigenvalue weighted by atomic mass is 32.2. The minimum atomic E-state index is -3.60. The lowest BCUT2D eigenvalue weighted by Gasteiger charge is -2.26. The number of pyridine rings is 1. The molecule has 1 saturated heterocycles. The van der Waals surface area contributed by atoms with Gasteiger partial charge < -0.3 is 10.1 Å². The van der Waals surface area contributed by atoms with Crippen molar-refractivity contribution in [2.24, 2.45) is 0 Å². The molecule has 1 aliphatic heterocycles. The van der Waals surface area contributed by atoms with Gasteiger partial charge in [-0.25, -0.2) is 13.4 Å². The Morgan fingerprint density at radius 3 is 2.50 bits per heavy atom. The molecular formula is C26H27N5O4S. The third-order valence-electron chi connectivity index (χ3n) is 6.23. The number of para-hydroxylation sites is 1. The fraction of sp³-hybridized carbons (Fsp3) is 0.269. The summed E-state index contributed by atoms with van der Waals surface area (Å²) in [6.45, 7) is 6.09. The molecule has 4 aromatic rings. The molecule has 1 amide bonds. The van der Waals surface area contributed by atoms with Gasteiger partial charge in [0, 0.05) is 42.5 Å². The number of carbonyl (C=O) groups is 1. The molecule has 2 aromatic heterocycles. The zero-order valence-corrected chi connectivity index (χ0v) is 21.0. The maximum atomic E-state index is 13.4. The van der Waals surface area contributed by atoms with Crippen molar-refractivity contribution in [2.75, 3.05) is 31.6 Å². The third kappa shape index (κ3) is 4.62. The number of benzene rings is 2. The molecule has 9 nitrogen and oxygen atoms in total. The lowest BCUT2D eigenvalue weighted by atomic mass is 10.0. The fourth-order valence-corrected chi connectivity index (χ4v) is 5.69. The van der Waals surface area contributed by atoms with Crippen LogP contribution < -0.4 is 5.32 Å². The number of fused-ring (bicyclic) bond motifs is 1. The van der Waals surface area contributed by atoms with Crippen LogP contribution in [0, 0.1) is 6.92 Å². The highest BCUT2D eigenvalue weighted by molar-refractivity contribution is 7.89. The first kappa shape index (κ1) is 24.1. The summed E-state index contributed by atoms with van der Waals surface area (Å²) < 4.78 is 34.3. The molecule has 1 fully saturated rings. The fourth-order valence-electron chi connectivity index (χ4n) is 4.28. The molecule has 1 aliphatic rings. The van der Waals surface area contributed by atoms with E-state index in [4.69, 9.17) is 9.72 Å². The van der Waals surface area contributed by atoms with Crippen LogP contribution in [0.25, 0.3) is 22.2 Å². The quantitative estimate of drug-likeness (QED) is 0.428. The molecule has 0 spiro atoms. The van der Waals surface area contributed by atoms with E-state index in [0.29, 0.717) is 48.8 Å². The lowest BCUT2D eigenvalue weighted by Crippen LogP contribution is -2.40. The Morgan fingerprint density at radius 1 is 1.08 bits per heavy atom. The number of carbonyl (C=O) groups excluding carboxylic acids is 1. The van der Waals surface area contributed by atoms with Crippen LogP contribution in [-0.2, 0) is 21.3 Å². The van der Waals surface area contributed by atoms with Gasteiger partial charge >= 0.3 is 0 Å². The number of sulfonamides is 1. The van der Waals surface area contributed by atoms with Crippen molar-refractivity contribution in [3.8, 4) is 11.3 Å². The summed E-state index contributed by atoms with van der Waals surface area (Å²) in [6, 6.07) is 15.5. The van der Waals surface area contributed by atoms with Crippen LogP contribution in [0.15, 0.2) is 65.7 Å². The Hall–Kier alpha value is -3.60. The number of nitrogens with zero attached hydrogens (tertiary/aromatic N) is 4. The maximum absolute atomic E-state index is 13.4. The summed E-state index contributed by atoms with van der Waals surface area (Å²) in [5.74, 6) is -0.306. The number of aromatic nitrogens is 3. The summed E-state index contributed by atoms with van der Waals surface area (Å²) in [4.78, 5) is 18.3. The van der Waals surface area contributed by atoms with E-state index < -0.39 is 10.0 Å². The molecule has 10 heteroatoms. The number of ether oxygens (including phenoxy) is 1. The van der Waals surface area contributed by atoms with Crippen molar-refractivity contribution in [2.45, 2.75) is 25.3 Å². The molecule has 0 radical (unpaired) electrons. The van der Waals surface area contributed by atoms with Gasteiger partial charge in [-0.05, 0) is 50.2 Å². The Morgan fingerprint density at radius 2 is 1.81 bits per heavy atom. The first-order chi connectivity index (χ1) is 17.4. The second-order valence-corrected chi connectivity index (χ2v) is 10.5. The van der Waals surface area contributed by atoms with E-state index in [1.807, 2.05) is 49.0 Å². The summed E-state index contributed by atoms with van der Waals surface area (Å²) in [5, 5.41) is 8.14. The normalized spacial score (nSPS) is 14.7. The van der Waals surface area contributed by atoms with E-state index >= 15 is 0 Å². The Labute approximate surface area is 209 Å². The number of morpholine rings is 1. The average molecular weight is 506 g/mol. The molecule has 186 valence electrons. The van der Waals surface area contributed by atoms with Gasteiger partial charge in [0.1, 0.15) is 0 Å². The van der Waals surface area contributed by atoms with Crippen molar-refractivity contribution < 1.29 is 17.9 Å². The van der Waals surface area contributed by atoms with Crippen LogP contribution in [0.4, 0.5) is 5.69 Å². The molecule has 0 unspecified atom stereocenters. The van der Waals surface area contributed by atoms with Gasteiger partial charge in [0.05, 0.1) is 40.6 Å². The van der Waals surface area contributed by atoms with Crippen molar-refractivity contribution in [1.29, 1.82) is 0 Å². The van der Waals surface area contributed by atoms with Crippen LogP contribution >= 0.6 is 0 Å². The molecule has 0 aliphatic carbocycles. The van der Waals surface area contributed by atoms with E-state index in [9.17, 15) is 13.2 Å². The van der Waals surface area contributed by atoms with Gasteiger partial charge in [0.2, 0.25) is 10.0 Å². The number of hydrogen-bond donors (Lipinski definition) is 1. The molecule has 3 heterocycles. The minimum Gasteiger partial charge on any atom is -0.379 e. The largest absolute Gasteiger partial charge is 0.379 e. The highest BCUT2D eigenvalue weighted by Gasteiger charge is 2.26. The Bertz CT molecular complexity index is 1520. The van der Waals surface area contributed by atoms with Gasteiger partial charge in [0.15, 0.2) is 0 Å². The van der Waals surface area contributed by atoms with Crippen LogP contribution in [0.3, 0.4) is 0 Å². The number of nitrogens with one attached hydrogen (secondary N) is 1. The Balaban J connectivity index is 1.44. The molecule has 36 heavy (non-hydrogen) atoms. The summed E-state index contributed by atoms with van der Waals surface area (Å²) in [7, 11) is -3.60. The predicted octanol–water partition coefficient (Wildman–Crippen LogP) is 3.70. The number of aryl methyl sites for hydroxylation is 2. The number of hydrogen-bond acceptors (Lipinski definition) is 6. The first-order valence-corrected chi connectivity index (χ1v) is 13.2. The molecule has 2 aromatic carbocycles. The lowest BCUT2D eigenvalue weighted by molar-refractivity contribution is 0.0730. The molecule has 0 saturated carbocycles. The van der Waals surface area contributed by atoms with Crippen molar-refractivity contribution in [3.63, 3.8) is 0 Å². The topological polar surface area (TPSA) is 106 Å². The number of anilines is 1. The van der Waals surface area contributed by atoms with E-state index in [-0.39, 0.29) is 10.8 Å². The van der Waals surface area contributed by atoms with Gasteiger partial charge in [-0.15, -0.1) is 0 Å². The maximum Gasteiger partial charge on any atom is 0.256 e. The zero-order chi connectivity index (χ0) is 25.3. The van der Waals surface area contributed by atoms with E-state index in [2.05, 4.69) is 10.4 Å².